The van der Waals surface area contributed by atoms with Crippen LogP contribution >= 0.6 is 0 Å². The van der Waals surface area contributed by atoms with Crippen molar-refractivity contribution < 1.29 is 9.47 Å². The molecule has 6 nitrogen and oxygen atoms in total. The molecule has 0 aliphatic carbocycles. The summed E-state index contributed by atoms with van der Waals surface area (Å²) in [5, 5.41) is 8.85. The highest BCUT2D eigenvalue weighted by molar-refractivity contribution is 5.34. The summed E-state index contributed by atoms with van der Waals surface area (Å²) in [6, 6.07) is 3.70. The van der Waals surface area contributed by atoms with E-state index in [1.54, 1.807) is 26.5 Å². The van der Waals surface area contributed by atoms with E-state index in [9.17, 15) is 0 Å². The number of nitrogens with zero attached hydrogens (tertiary/aromatic N) is 4. The number of rotatable bonds is 7. The SMILES string of the molecule is COCCN(c1nccc(C#N)n1)C(C)COC. The Hall–Kier alpha value is -1.71. The molecule has 1 aromatic rings. The van der Waals surface area contributed by atoms with Crippen LogP contribution in [0.3, 0.4) is 0 Å². The average Bonchev–Trinajstić information content (AvgIpc) is 2.40. The molecule has 0 radical (unpaired) electrons. The molecule has 1 aromatic heterocycles. The summed E-state index contributed by atoms with van der Waals surface area (Å²) < 4.78 is 10.2. The van der Waals surface area contributed by atoms with Crippen LogP contribution in [0.25, 0.3) is 0 Å². The number of hydrogen-bond acceptors (Lipinski definition) is 6. The Kier molecular flexibility index (Phi) is 6.05. The molecule has 18 heavy (non-hydrogen) atoms. The molecule has 1 heterocycles. The molecule has 98 valence electrons. The van der Waals surface area contributed by atoms with Crippen molar-refractivity contribution in [2.24, 2.45) is 0 Å². The Balaban J connectivity index is 2.89. The minimum absolute atomic E-state index is 0.110. The molecule has 0 saturated carbocycles. The lowest BCUT2D eigenvalue weighted by atomic mass is 10.3. The molecule has 1 unspecified atom stereocenters. The van der Waals surface area contributed by atoms with Gasteiger partial charge in [0.15, 0.2) is 0 Å². The van der Waals surface area contributed by atoms with Gasteiger partial charge >= 0.3 is 0 Å². The van der Waals surface area contributed by atoms with E-state index in [0.717, 1.165) is 0 Å². The second-order valence-corrected chi connectivity index (χ2v) is 3.84. The van der Waals surface area contributed by atoms with Gasteiger partial charge in [-0.3, -0.25) is 0 Å². The molecule has 0 fully saturated rings. The molecule has 1 rings (SSSR count). The number of anilines is 1. The third-order valence-electron chi connectivity index (χ3n) is 2.49. The molecule has 0 saturated heterocycles. The van der Waals surface area contributed by atoms with Gasteiger partial charge in [0.25, 0.3) is 0 Å². The van der Waals surface area contributed by atoms with Gasteiger partial charge in [-0.05, 0) is 13.0 Å². The molecule has 0 aliphatic rings. The van der Waals surface area contributed by atoms with E-state index in [4.69, 9.17) is 14.7 Å². The van der Waals surface area contributed by atoms with Crippen LogP contribution in [0.4, 0.5) is 5.95 Å². The Morgan fingerprint density at radius 1 is 1.44 bits per heavy atom. The minimum Gasteiger partial charge on any atom is -0.383 e. The van der Waals surface area contributed by atoms with Crippen molar-refractivity contribution >= 4 is 5.95 Å². The van der Waals surface area contributed by atoms with Gasteiger partial charge in [-0.2, -0.15) is 5.26 Å². The van der Waals surface area contributed by atoms with Crippen LogP contribution in [0.2, 0.25) is 0 Å². The summed E-state index contributed by atoms with van der Waals surface area (Å²) in [7, 11) is 3.29. The van der Waals surface area contributed by atoms with Gasteiger partial charge in [0.2, 0.25) is 5.95 Å². The second-order valence-electron chi connectivity index (χ2n) is 3.84. The predicted molar refractivity (Wildman–Crippen MR) is 67.3 cm³/mol. The van der Waals surface area contributed by atoms with Gasteiger partial charge in [-0.25, -0.2) is 9.97 Å². The molecular formula is C12H18N4O2. The van der Waals surface area contributed by atoms with Crippen LogP contribution in [0, 0.1) is 11.3 Å². The molecule has 0 amide bonds. The van der Waals surface area contributed by atoms with Crippen molar-refractivity contribution in [3.63, 3.8) is 0 Å². The first-order valence-corrected chi connectivity index (χ1v) is 5.70. The fraction of sp³-hybridized carbons (Fsp3) is 0.583. The summed E-state index contributed by atoms with van der Waals surface area (Å²) in [4.78, 5) is 10.4. The van der Waals surface area contributed by atoms with Crippen LogP contribution in [0.15, 0.2) is 12.3 Å². The smallest absolute Gasteiger partial charge is 0.226 e. The van der Waals surface area contributed by atoms with Crippen LogP contribution in [-0.4, -0.2) is 50.0 Å². The Bertz CT molecular complexity index is 405. The molecule has 6 heteroatoms. The van der Waals surface area contributed by atoms with Gasteiger partial charge < -0.3 is 14.4 Å². The summed E-state index contributed by atoms with van der Waals surface area (Å²) >= 11 is 0. The van der Waals surface area contributed by atoms with Crippen LogP contribution in [0.1, 0.15) is 12.6 Å². The zero-order valence-corrected chi connectivity index (χ0v) is 11.0. The number of hydrogen-bond donors (Lipinski definition) is 0. The highest BCUT2D eigenvalue weighted by Gasteiger charge is 2.17. The lowest BCUT2D eigenvalue weighted by Gasteiger charge is -2.28. The number of ether oxygens (including phenoxy) is 2. The normalized spacial score (nSPS) is 11.9. The van der Waals surface area contributed by atoms with E-state index >= 15 is 0 Å². The number of methoxy groups -OCH3 is 2. The van der Waals surface area contributed by atoms with E-state index in [1.807, 2.05) is 17.9 Å². The van der Waals surface area contributed by atoms with Gasteiger partial charge in [0.05, 0.1) is 19.3 Å². The highest BCUT2D eigenvalue weighted by Crippen LogP contribution is 2.11. The summed E-state index contributed by atoms with van der Waals surface area (Å²) in [6.45, 7) is 3.79. The lowest BCUT2D eigenvalue weighted by Crippen LogP contribution is -2.39. The van der Waals surface area contributed by atoms with Gasteiger partial charge in [-0.1, -0.05) is 0 Å². The van der Waals surface area contributed by atoms with Gasteiger partial charge in [-0.15, -0.1) is 0 Å². The molecule has 0 bridgehead atoms. The molecule has 1 atom stereocenters. The molecular weight excluding hydrogens is 232 g/mol. The van der Waals surface area contributed by atoms with E-state index in [1.165, 1.54) is 0 Å². The zero-order chi connectivity index (χ0) is 13.4. The maximum Gasteiger partial charge on any atom is 0.226 e. The van der Waals surface area contributed by atoms with Crippen molar-refractivity contribution in [3.8, 4) is 6.07 Å². The van der Waals surface area contributed by atoms with Crippen LogP contribution in [0.5, 0.6) is 0 Å². The van der Waals surface area contributed by atoms with E-state index in [2.05, 4.69) is 9.97 Å². The van der Waals surface area contributed by atoms with Crippen molar-refractivity contribution in [2.45, 2.75) is 13.0 Å². The summed E-state index contributed by atoms with van der Waals surface area (Å²) in [5.74, 6) is 0.524. The number of nitriles is 1. The third-order valence-corrected chi connectivity index (χ3v) is 2.49. The summed E-state index contributed by atoms with van der Waals surface area (Å²) in [5.41, 5.74) is 0.354. The van der Waals surface area contributed by atoms with Gasteiger partial charge in [0, 0.05) is 27.0 Å². The van der Waals surface area contributed by atoms with Crippen molar-refractivity contribution in [3.05, 3.63) is 18.0 Å². The first-order chi connectivity index (χ1) is 8.72. The fourth-order valence-corrected chi connectivity index (χ4v) is 1.59. The van der Waals surface area contributed by atoms with Crippen molar-refractivity contribution in [1.29, 1.82) is 5.26 Å². The average molecular weight is 250 g/mol. The Morgan fingerprint density at radius 3 is 2.83 bits per heavy atom. The highest BCUT2D eigenvalue weighted by atomic mass is 16.5. The van der Waals surface area contributed by atoms with E-state index < -0.39 is 0 Å². The first-order valence-electron chi connectivity index (χ1n) is 5.70. The first kappa shape index (κ1) is 14.4. The van der Waals surface area contributed by atoms with E-state index in [-0.39, 0.29) is 6.04 Å². The standard InChI is InChI=1S/C12H18N4O2/c1-10(9-18-3)16(6-7-17-2)12-14-5-4-11(8-13)15-12/h4-5,10H,6-7,9H2,1-3H3. The maximum atomic E-state index is 8.85. The predicted octanol–water partition coefficient (Wildman–Crippen LogP) is 0.836. The molecule has 0 spiro atoms. The molecule has 0 N–H and O–H groups in total. The third kappa shape index (κ3) is 3.95. The largest absolute Gasteiger partial charge is 0.383 e. The Morgan fingerprint density at radius 2 is 2.22 bits per heavy atom. The monoisotopic (exact) mass is 250 g/mol. The molecule has 0 aliphatic heterocycles. The zero-order valence-electron chi connectivity index (χ0n) is 11.0. The molecule has 0 aromatic carbocycles. The maximum absolute atomic E-state index is 8.85. The van der Waals surface area contributed by atoms with Crippen LogP contribution in [-0.2, 0) is 9.47 Å². The quantitative estimate of drug-likeness (QED) is 0.714. The second kappa shape index (κ2) is 7.58. The lowest BCUT2D eigenvalue weighted by molar-refractivity contribution is 0.170. The van der Waals surface area contributed by atoms with Gasteiger partial charge in [0.1, 0.15) is 11.8 Å². The topological polar surface area (TPSA) is 71.3 Å². The number of aromatic nitrogens is 2. The van der Waals surface area contributed by atoms with E-state index in [0.29, 0.717) is 31.4 Å². The minimum atomic E-state index is 0.110. The van der Waals surface area contributed by atoms with Crippen molar-refractivity contribution in [2.75, 3.05) is 38.9 Å². The Labute approximate surface area is 107 Å². The van der Waals surface area contributed by atoms with Crippen LogP contribution < -0.4 is 4.90 Å². The fourth-order valence-electron chi connectivity index (χ4n) is 1.59. The summed E-state index contributed by atoms with van der Waals surface area (Å²) in [6.07, 6.45) is 1.58. The van der Waals surface area contributed by atoms with Crippen molar-refractivity contribution in [1.82, 2.24) is 9.97 Å².